The first-order valence-electron chi connectivity index (χ1n) is 3.76. The van der Waals surface area contributed by atoms with Crippen molar-refractivity contribution >= 4 is 0 Å². The van der Waals surface area contributed by atoms with E-state index in [1.54, 1.807) is 0 Å². The fourth-order valence-electron chi connectivity index (χ4n) is 0. The van der Waals surface area contributed by atoms with Gasteiger partial charge in [-0.1, -0.05) is 27.7 Å². The first kappa shape index (κ1) is 29.3. The minimum absolute atomic E-state index is 0. The van der Waals surface area contributed by atoms with Gasteiger partial charge in [0.2, 0.25) is 0 Å². The second kappa shape index (κ2) is 23.3. The van der Waals surface area contributed by atoms with Gasteiger partial charge in [0.1, 0.15) is 0 Å². The van der Waals surface area contributed by atoms with Crippen LogP contribution in [0.3, 0.4) is 0 Å². The third-order valence-corrected chi connectivity index (χ3v) is 0.730. The van der Waals surface area contributed by atoms with Gasteiger partial charge >= 0.3 is 0 Å². The molecule has 0 amide bonds. The van der Waals surface area contributed by atoms with E-state index in [1.165, 1.54) is 0 Å². The van der Waals surface area contributed by atoms with Crippen LogP contribution >= 0.6 is 0 Å². The largest absolute Gasteiger partial charge is 1.00 e. The van der Waals surface area contributed by atoms with Gasteiger partial charge in [0.15, 0.2) is 0 Å². The third kappa shape index (κ3) is 59.9. The van der Waals surface area contributed by atoms with Crippen LogP contribution in [-0.2, 0) is 25.8 Å². The predicted molar refractivity (Wildman–Crippen MR) is 43.8 cm³/mol. The van der Waals surface area contributed by atoms with Crippen LogP contribution in [0.2, 0.25) is 0 Å². The number of rotatable bonds is 2. The van der Waals surface area contributed by atoms with Gasteiger partial charge in [-0.25, -0.2) is 0 Å². The molecule has 0 radical (unpaired) electrons. The summed E-state index contributed by atoms with van der Waals surface area (Å²) in [6, 6.07) is 0. The monoisotopic (exact) mass is 398 g/mol. The van der Waals surface area contributed by atoms with E-state index in [0.717, 1.165) is 0 Å². The zero-order valence-corrected chi connectivity index (χ0v) is 13.8. The van der Waals surface area contributed by atoms with Crippen LogP contribution in [0.5, 0.6) is 0 Å². The van der Waals surface area contributed by atoms with Crippen molar-refractivity contribution in [1.82, 2.24) is 0 Å². The third-order valence-electron chi connectivity index (χ3n) is 0.730. The molecule has 0 rings (SSSR count). The second-order valence-electron chi connectivity index (χ2n) is 3.15. The van der Waals surface area contributed by atoms with Crippen molar-refractivity contribution in [2.24, 2.45) is 11.8 Å². The number of aliphatic hydroxyl groups is 2. The zero-order chi connectivity index (χ0) is 8.57. The Morgan fingerprint density at radius 2 is 0.846 bits per heavy atom. The van der Waals surface area contributed by atoms with E-state index in [4.69, 9.17) is 10.2 Å². The van der Waals surface area contributed by atoms with Gasteiger partial charge in [0, 0.05) is 39.1 Å². The van der Waals surface area contributed by atoms with Gasteiger partial charge in [-0.3, -0.25) is 0 Å². The van der Waals surface area contributed by atoms with Crippen molar-refractivity contribution in [3.8, 4) is 0 Å². The van der Waals surface area contributed by atoms with Crippen molar-refractivity contribution in [2.75, 3.05) is 13.2 Å². The van der Waals surface area contributed by atoms with Gasteiger partial charge in [-0.2, -0.15) is 0 Å². The molecule has 0 atom stereocenters. The van der Waals surface area contributed by atoms with Crippen molar-refractivity contribution < 1.29 is 60.9 Å². The van der Waals surface area contributed by atoms with Crippen LogP contribution < -0.4 is 24.8 Å². The first-order chi connectivity index (χ1) is 4.54. The van der Waals surface area contributed by atoms with Crippen LogP contribution in [0, 0.1) is 11.8 Å². The standard InChI is InChI=1S/2C4H10O.2ClH.Hf/c2*1-4(2)3-5;;;/h2*4-5H,3H2,1-2H3;2*1H;/p-2. The smallest absolute Gasteiger partial charge is 0.0453 e. The fraction of sp³-hybridized carbons (Fsp3) is 1.00. The SMILES string of the molecule is CC(C)CO.CC(C)CO.[Cl-].[Cl-].[Hf]. The average Bonchev–Trinajstić information content (AvgIpc) is 1.89. The molecule has 2 nitrogen and oxygen atoms in total. The molecule has 0 fully saturated rings. The van der Waals surface area contributed by atoms with Gasteiger partial charge in [-0.05, 0) is 11.8 Å². The minimum Gasteiger partial charge on any atom is -1.00 e. The maximum atomic E-state index is 8.14. The van der Waals surface area contributed by atoms with Crippen LogP contribution in [0.15, 0.2) is 0 Å². The van der Waals surface area contributed by atoms with E-state index < -0.39 is 0 Å². The normalized spacial score (nSPS) is 7.38. The summed E-state index contributed by atoms with van der Waals surface area (Å²) >= 11 is 0. The fourth-order valence-corrected chi connectivity index (χ4v) is 0. The Balaban J connectivity index is -0.0000000267. The maximum Gasteiger partial charge on any atom is 0.0453 e. The van der Waals surface area contributed by atoms with E-state index >= 15 is 0 Å². The molecule has 2 N–H and O–H groups in total. The van der Waals surface area contributed by atoms with Crippen molar-refractivity contribution in [3.63, 3.8) is 0 Å². The van der Waals surface area contributed by atoms with Gasteiger partial charge in [0.25, 0.3) is 0 Å². The first-order valence-corrected chi connectivity index (χ1v) is 3.76. The van der Waals surface area contributed by atoms with Crippen LogP contribution in [0.4, 0.5) is 0 Å². The molecule has 0 heterocycles. The molecule has 0 saturated heterocycles. The van der Waals surface area contributed by atoms with Crippen LogP contribution in [0.1, 0.15) is 27.7 Å². The number of hydrogen-bond donors (Lipinski definition) is 2. The molecule has 0 unspecified atom stereocenters. The Morgan fingerprint density at radius 1 is 0.769 bits per heavy atom. The van der Waals surface area contributed by atoms with E-state index in [2.05, 4.69) is 0 Å². The summed E-state index contributed by atoms with van der Waals surface area (Å²) in [7, 11) is 0. The maximum absolute atomic E-state index is 8.14. The van der Waals surface area contributed by atoms with Crippen molar-refractivity contribution in [1.29, 1.82) is 0 Å². The molecule has 0 saturated carbocycles. The molecule has 0 aliphatic carbocycles. The topological polar surface area (TPSA) is 40.5 Å². The molecule has 84 valence electrons. The summed E-state index contributed by atoms with van der Waals surface area (Å²) in [4.78, 5) is 0. The number of halogens is 2. The zero-order valence-electron chi connectivity index (χ0n) is 8.72. The minimum atomic E-state index is 0. The second-order valence-corrected chi connectivity index (χ2v) is 3.15. The Morgan fingerprint density at radius 3 is 0.846 bits per heavy atom. The van der Waals surface area contributed by atoms with Gasteiger partial charge in [0.05, 0.1) is 0 Å². The molecular formula is C8H20Cl2HfO2-2. The molecule has 0 bridgehead atoms. The summed E-state index contributed by atoms with van der Waals surface area (Å²) in [6.07, 6.45) is 0. The molecule has 0 aliphatic heterocycles. The molecule has 13 heavy (non-hydrogen) atoms. The number of hydrogen-bond acceptors (Lipinski definition) is 2. The summed E-state index contributed by atoms with van der Waals surface area (Å²) in [5.74, 6) is 0.880. The Kier molecular flexibility index (Phi) is 52.4. The van der Waals surface area contributed by atoms with Gasteiger partial charge in [-0.15, -0.1) is 0 Å². The molecule has 0 spiro atoms. The van der Waals surface area contributed by atoms with Crippen molar-refractivity contribution in [3.05, 3.63) is 0 Å². The Bertz CT molecular complexity index is 56.1. The average molecular weight is 398 g/mol. The summed E-state index contributed by atoms with van der Waals surface area (Å²) in [5, 5.41) is 16.3. The van der Waals surface area contributed by atoms with E-state index in [1.807, 2.05) is 27.7 Å². The van der Waals surface area contributed by atoms with E-state index in [-0.39, 0.29) is 50.7 Å². The van der Waals surface area contributed by atoms with Crippen molar-refractivity contribution in [2.45, 2.75) is 27.7 Å². The molecule has 0 aromatic heterocycles. The van der Waals surface area contributed by atoms with Crippen LogP contribution in [-0.4, -0.2) is 23.4 Å². The van der Waals surface area contributed by atoms with Gasteiger partial charge < -0.3 is 35.0 Å². The Labute approximate surface area is 113 Å². The number of aliphatic hydroxyl groups excluding tert-OH is 2. The quantitative estimate of drug-likeness (QED) is 0.460. The molecule has 0 aromatic carbocycles. The predicted octanol–water partition coefficient (Wildman–Crippen LogP) is -4.73. The molecule has 0 aromatic rings. The summed E-state index contributed by atoms with van der Waals surface area (Å²) < 4.78 is 0. The summed E-state index contributed by atoms with van der Waals surface area (Å²) in [6.45, 7) is 8.50. The molecule has 0 aliphatic rings. The Hall–Kier alpha value is 1.37. The molecule has 5 heteroatoms. The molecular weight excluding hydrogens is 377 g/mol. The summed E-state index contributed by atoms with van der Waals surface area (Å²) in [5.41, 5.74) is 0. The van der Waals surface area contributed by atoms with Crippen LogP contribution in [0.25, 0.3) is 0 Å². The van der Waals surface area contributed by atoms with E-state index in [0.29, 0.717) is 25.0 Å². The van der Waals surface area contributed by atoms with E-state index in [9.17, 15) is 0 Å².